The molecule has 0 spiro atoms. The second kappa shape index (κ2) is 9.92. The van der Waals surface area contributed by atoms with Gasteiger partial charge in [0.1, 0.15) is 0 Å². The second-order valence-electron chi connectivity index (χ2n) is 10.4. The maximum Gasteiger partial charge on any atom is 0.238 e. The number of imide groups is 1. The Labute approximate surface area is 255 Å². The van der Waals surface area contributed by atoms with E-state index >= 15 is 0 Å². The van der Waals surface area contributed by atoms with Crippen LogP contribution >= 0.6 is 47.8 Å². The molecule has 0 bridgehead atoms. The van der Waals surface area contributed by atoms with Gasteiger partial charge < -0.3 is 9.84 Å². The molecule has 204 valence electrons. The van der Waals surface area contributed by atoms with E-state index in [9.17, 15) is 24.3 Å². The molecule has 4 atom stereocenters. The molecule has 2 aromatic rings. The lowest BCUT2D eigenvalue weighted by Crippen LogP contribution is -2.40. The molecule has 7 nitrogen and oxygen atoms in total. The minimum Gasteiger partial charge on any atom is -0.503 e. The number of nitrogens with zero attached hydrogens (tertiary/aromatic N) is 1. The summed E-state index contributed by atoms with van der Waals surface area (Å²) in [6.07, 6.45) is 3.84. The van der Waals surface area contributed by atoms with Gasteiger partial charge in [0.15, 0.2) is 23.1 Å². The third-order valence-electron chi connectivity index (χ3n) is 8.35. The van der Waals surface area contributed by atoms with Crippen LogP contribution in [0.1, 0.15) is 31.2 Å². The lowest BCUT2D eigenvalue weighted by Gasteiger charge is -2.42. The van der Waals surface area contributed by atoms with Gasteiger partial charge in [0.25, 0.3) is 0 Å². The average Bonchev–Trinajstić information content (AvgIpc) is 3.20. The molecule has 0 aromatic heterocycles. The van der Waals surface area contributed by atoms with Gasteiger partial charge in [-0.05, 0) is 99.5 Å². The maximum atomic E-state index is 14.0. The fraction of sp³-hybridized carbons (Fsp3) is 0.267. The first-order valence-corrected chi connectivity index (χ1v) is 15.0. The van der Waals surface area contributed by atoms with Crippen LogP contribution in [0.5, 0.6) is 11.5 Å². The Hall–Kier alpha value is -2.82. The Morgan fingerprint density at radius 3 is 2.35 bits per heavy atom. The van der Waals surface area contributed by atoms with Crippen LogP contribution in [-0.2, 0) is 19.2 Å². The maximum absolute atomic E-state index is 14.0. The number of methoxy groups -OCH3 is 1. The van der Waals surface area contributed by atoms with Gasteiger partial charge in [-0.15, -0.1) is 0 Å². The summed E-state index contributed by atoms with van der Waals surface area (Å²) in [5, 5.41) is 10.6. The van der Waals surface area contributed by atoms with Crippen molar-refractivity contribution < 1.29 is 29.0 Å². The van der Waals surface area contributed by atoms with Gasteiger partial charge in [-0.3, -0.25) is 24.1 Å². The zero-order chi connectivity index (χ0) is 28.6. The number of carbonyl (C=O) groups is 4. The van der Waals surface area contributed by atoms with E-state index in [1.807, 2.05) is 6.08 Å². The van der Waals surface area contributed by atoms with Crippen LogP contribution in [0.25, 0.3) is 0 Å². The van der Waals surface area contributed by atoms with E-state index in [0.717, 1.165) is 10.0 Å². The molecule has 3 aliphatic carbocycles. The number of Topliss-reactive ketones (excluding diaryl/α,β-unsaturated/α-hetero) is 1. The van der Waals surface area contributed by atoms with Crippen LogP contribution < -0.4 is 9.64 Å². The molecule has 40 heavy (non-hydrogen) atoms. The standard InChI is InChI=1S/C30H22Br3NO6/c1-12-9-20(35)24-19(27(12)36)10-17-15(22(24)18-11-21(40-2)28(37)26(33)25(18)32)7-8-16-23(17)30(39)34(29(16)38)14-5-3-13(31)4-6-14/h3-7,9,11,16-17,22-23,37H,8,10H2,1-2H3/t16-,17+,22+,23-/m0/s1. The number of benzene rings is 2. The van der Waals surface area contributed by atoms with Crippen molar-refractivity contribution in [2.75, 3.05) is 12.0 Å². The van der Waals surface area contributed by atoms with E-state index in [1.54, 1.807) is 37.3 Å². The predicted octanol–water partition coefficient (Wildman–Crippen LogP) is 6.32. The van der Waals surface area contributed by atoms with E-state index in [-0.39, 0.29) is 41.3 Å². The topological polar surface area (TPSA) is 101 Å². The normalized spacial score (nSPS) is 25.9. The Bertz CT molecular complexity index is 1640. The summed E-state index contributed by atoms with van der Waals surface area (Å²) < 4.78 is 7.09. The average molecular weight is 732 g/mol. The Morgan fingerprint density at radius 1 is 0.975 bits per heavy atom. The fourth-order valence-corrected chi connectivity index (χ4v) is 7.78. The van der Waals surface area contributed by atoms with Gasteiger partial charge >= 0.3 is 0 Å². The molecule has 0 radical (unpaired) electrons. The zero-order valence-electron chi connectivity index (χ0n) is 21.3. The van der Waals surface area contributed by atoms with Gasteiger partial charge in [0.05, 0.1) is 29.1 Å². The number of ketones is 2. The van der Waals surface area contributed by atoms with Crippen LogP contribution in [0.2, 0.25) is 0 Å². The van der Waals surface area contributed by atoms with Crippen molar-refractivity contribution >= 4 is 76.9 Å². The number of anilines is 1. The minimum absolute atomic E-state index is 0.110. The smallest absolute Gasteiger partial charge is 0.238 e. The first kappa shape index (κ1) is 27.4. The number of allylic oxidation sites excluding steroid dienone is 6. The second-order valence-corrected chi connectivity index (χ2v) is 12.9. The summed E-state index contributed by atoms with van der Waals surface area (Å²) >= 11 is 10.4. The summed E-state index contributed by atoms with van der Waals surface area (Å²) in [6.45, 7) is 1.61. The van der Waals surface area contributed by atoms with Crippen molar-refractivity contribution in [2.45, 2.75) is 25.7 Å². The zero-order valence-corrected chi connectivity index (χ0v) is 26.1. The van der Waals surface area contributed by atoms with Crippen molar-refractivity contribution in [1.29, 1.82) is 0 Å². The van der Waals surface area contributed by atoms with E-state index < -0.39 is 23.7 Å². The summed E-state index contributed by atoms with van der Waals surface area (Å²) in [7, 11) is 1.43. The van der Waals surface area contributed by atoms with E-state index in [1.165, 1.54) is 18.1 Å². The largest absolute Gasteiger partial charge is 0.503 e. The molecule has 0 saturated carbocycles. The van der Waals surface area contributed by atoms with Crippen LogP contribution in [0.15, 0.2) is 78.2 Å². The number of aromatic hydroxyl groups is 1. The van der Waals surface area contributed by atoms with Gasteiger partial charge in [-0.1, -0.05) is 27.6 Å². The highest BCUT2D eigenvalue weighted by Gasteiger charge is 2.56. The lowest BCUT2D eigenvalue weighted by atomic mass is 9.59. The van der Waals surface area contributed by atoms with E-state index in [2.05, 4.69) is 47.8 Å². The summed E-state index contributed by atoms with van der Waals surface area (Å²) in [4.78, 5) is 55.8. The summed E-state index contributed by atoms with van der Waals surface area (Å²) in [5.74, 6) is -3.37. The molecule has 1 heterocycles. The van der Waals surface area contributed by atoms with Crippen LogP contribution in [0.3, 0.4) is 0 Å². The first-order valence-electron chi connectivity index (χ1n) is 12.6. The van der Waals surface area contributed by atoms with Crippen molar-refractivity contribution in [2.24, 2.45) is 17.8 Å². The molecular weight excluding hydrogens is 710 g/mol. The molecule has 6 rings (SSSR count). The highest BCUT2D eigenvalue weighted by Crippen LogP contribution is 2.57. The van der Waals surface area contributed by atoms with Crippen molar-refractivity contribution in [3.63, 3.8) is 0 Å². The monoisotopic (exact) mass is 729 g/mol. The molecule has 2 aromatic carbocycles. The number of fused-ring (bicyclic) bond motifs is 3. The molecule has 1 fully saturated rings. The SMILES string of the molecule is COc1cc([C@H]2C3=CC[C@@H]4C(=O)N(c5ccc(Br)cc5)C(=O)[C@@H]4[C@@H]3CC3=C2C(=O)C=C(C)C3=O)c(Br)c(Br)c1O. The highest BCUT2D eigenvalue weighted by molar-refractivity contribution is 9.13. The number of ether oxygens (including phenoxy) is 1. The number of phenolic OH excluding ortho intramolecular Hbond substituents is 1. The van der Waals surface area contributed by atoms with Crippen molar-refractivity contribution in [1.82, 2.24) is 0 Å². The van der Waals surface area contributed by atoms with Gasteiger partial charge in [0, 0.05) is 31.6 Å². The number of amides is 2. The van der Waals surface area contributed by atoms with Gasteiger partial charge in [0.2, 0.25) is 11.8 Å². The minimum atomic E-state index is -0.680. The summed E-state index contributed by atoms with van der Waals surface area (Å²) in [5.41, 5.74) is 3.00. The Morgan fingerprint density at radius 2 is 1.68 bits per heavy atom. The molecule has 1 aliphatic heterocycles. The molecule has 10 heteroatoms. The number of hydrogen-bond donors (Lipinski definition) is 1. The fourth-order valence-electron chi connectivity index (χ4n) is 6.56. The lowest BCUT2D eigenvalue weighted by molar-refractivity contribution is -0.123. The number of rotatable bonds is 3. The van der Waals surface area contributed by atoms with E-state index in [4.69, 9.17) is 4.74 Å². The predicted molar refractivity (Wildman–Crippen MR) is 158 cm³/mol. The van der Waals surface area contributed by atoms with E-state index in [0.29, 0.717) is 43.3 Å². The van der Waals surface area contributed by atoms with Gasteiger partial charge in [-0.2, -0.15) is 0 Å². The Balaban J connectivity index is 1.53. The quantitative estimate of drug-likeness (QED) is 0.225. The van der Waals surface area contributed by atoms with Crippen LogP contribution in [0.4, 0.5) is 5.69 Å². The number of carbonyl (C=O) groups excluding carboxylic acids is 4. The number of phenols is 1. The number of halogens is 3. The Kier molecular flexibility index (Phi) is 6.79. The third kappa shape index (κ3) is 3.94. The molecule has 0 unspecified atom stereocenters. The third-order valence-corrected chi connectivity index (χ3v) is 11.0. The van der Waals surface area contributed by atoms with Crippen LogP contribution in [-0.4, -0.2) is 35.6 Å². The first-order chi connectivity index (χ1) is 19.0. The van der Waals surface area contributed by atoms with Crippen molar-refractivity contribution in [3.8, 4) is 11.5 Å². The molecule has 4 aliphatic rings. The van der Waals surface area contributed by atoms with Crippen LogP contribution in [0, 0.1) is 17.8 Å². The molecule has 2 amide bonds. The summed E-state index contributed by atoms with van der Waals surface area (Å²) in [6, 6.07) is 8.66. The molecule has 1 N–H and O–H groups in total. The molecular formula is C30H22Br3NO6. The molecule has 1 saturated heterocycles. The number of hydrogen-bond acceptors (Lipinski definition) is 6. The highest BCUT2D eigenvalue weighted by atomic mass is 79.9. The van der Waals surface area contributed by atoms with Crippen molar-refractivity contribution in [3.05, 3.63) is 83.8 Å². The van der Waals surface area contributed by atoms with Gasteiger partial charge in [-0.25, -0.2) is 0 Å².